The molecule has 2 nitrogen and oxygen atoms in total. The van der Waals surface area contributed by atoms with Crippen molar-refractivity contribution in [2.75, 3.05) is 0 Å². The zero-order chi connectivity index (χ0) is 13.4. The first-order chi connectivity index (χ1) is 9.93. The van der Waals surface area contributed by atoms with Gasteiger partial charge in [-0.3, -0.25) is 4.99 Å². The Morgan fingerprint density at radius 3 is 2.45 bits per heavy atom. The number of hydrogen-bond donors (Lipinski definition) is 0. The second-order valence-corrected chi connectivity index (χ2v) is 4.85. The minimum Gasteiger partial charge on any atom is -0.454 e. The highest BCUT2D eigenvalue weighted by atomic mass is 16.5. The van der Waals surface area contributed by atoms with E-state index in [0.29, 0.717) is 0 Å². The number of fused-ring (bicyclic) bond motifs is 2. The molecule has 0 radical (unpaired) electrons. The molecule has 0 fully saturated rings. The van der Waals surface area contributed by atoms with E-state index in [9.17, 15) is 0 Å². The van der Waals surface area contributed by atoms with Gasteiger partial charge in [-0.1, -0.05) is 54.6 Å². The van der Waals surface area contributed by atoms with Gasteiger partial charge in [-0.15, -0.1) is 0 Å². The Kier molecular flexibility index (Phi) is 2.52. The van der Waals surface area contributed by atoms with Gasteiger partial charge >= 0.3 is 0 Å². The molecule has 2 aliphatic heterocycles. The summed E-state index contributed by atoms with van der Waals surface area (Å²) in [5.41, 5.74) is 2.31. The zero-order valence-electron chi connectivity index (χ0n) is 10.9. The summed E-state index contributed by atoms with van der Waals surface area (Å²) < 4.78 is 6.13. The third-order valence-electron chi connectivity index (χ3n) is 3.63. The van der Waals surface area contributed by atoms with Gasteiger partial charge in [0.2, 0.25) is 0 Å². The Morgan fingerprint density at radius 1 is 0.850 bits per heavy atom. The fourth-order valence-corrected chi connectivity index (χ4v) is 2.69. The molecule has 2 heterocycles. The monoisotopic (exact) mass is 259 g/mol. The summed E-state index contributed by atoms with van der Waals surface area (Å²) in [6.45, 7) is 0. The van der Waals surface area contributed by atoms with Crippen molar-refractivity contribution in [3.05, 3.63) is 82.6 Å². The first-order valence-corrected chi connectivity index (χ1v) is 6.71. The van der Waals surface area contributed by atoms with E-state index in [4.69, 9.17) is 4.74 Å². The summed E-state index contributed by atoms with van der Waals surface area (Å²) in [5, 5.41) is 2.40. The van der Waals surface area contributed by atoms with E-state index in [-0.39, 0.29) is 0 Å². The molecule has 2 aliphatic rings. The predicted molar refractivity (Wildman–Crippen MR) is 80.3 cm³/mol. The molecule has 0 spiro atoms. The summed E-state index contributed by atoms with van der Waals surface area (Å²) in [6, 6.07) is 18.6. The van der Waals surface area contributed by atoms with E-state index in [1.54, 1.807) is 6.20 Å². The third-order valence-corrected chi connectivity index (χ3v) is 3.63. The van der Waals surface area contributed by atoms with E-state index >= 15 is 0 Å². The van der Waals surface area contributed by atoms with Gasteiger partial charge in [-0.25, -0.2) is 0 Å². The summed E-state index contributed by atoms with van der Waals surface area (Å²) in [5.74, 6) is 1.78. The summed E-state index contributed by atoms with van der Waals surface area (Å²) in [7, 11) is 0. The van der Waals surface area contributed by atoms with Crippen molar-refractivity contribution in [1.82, 2.24) is 0 Å². The Bertz CT molecular complexity index is 844. The molecule has 0 aliphatic carbocycles. The standard InChI is InChI=1S/C18H13NO/c1-2-6-13(7-3-1)18-16-9-5-4-8-14(16)15-10-11-19-12-17(15)20-18/h1-9,11-12H,10H2. The van der Waals surface area contributed by atoms with Crippen molar-refractivity contribution in [1.29, 1.82) is 0 Å². The molecule has 0 unspecified atom stereocenters. The van der Waals surface area contributed by atoms with Crippen molar-refractivity contribution < 1.29 is 4.74 Å². The minimum absolute atomic E-state index is 0.824. The van der Waals surface area contributed by atoms with Gasteiger partial charge in [-0.05, 0) is 5.22 Å². The second kappa shape index (κ2) is 4.49. The van der Waals surface area contributed by atoms with Crippen LogP contribution in [0.4, 0.5) is 0 Å². The highest BCUT2D eigenvalue weighted by Gasteiger charge is 2.19. The van der Waals surface area contributed by atoms with Crippen LogP contribution in [0, 0.1) is 0 Å². The number of rotatable bonds is 1. The molecular formula is C18H13NO. The van der Waals surface area contributed by atoms with Gasteiger partial charge in [0.25, 0.3) is 0 Å². The van der Waals surface area contributed by atoms with E-state index in [1.807, 2.05) is 24.4 Å². The van der Waals surface area contributed by atoms with Crippen LogP contribution in [-0.4, -0.2) is 6.21 Å². The van der Waals surface area contributed by atoms with Gasteiger partial charge < -0.3 is 4.74 Å². The van der Waals surface area contributed by atoms with Crippen LogP contribution in [0.25, 0.3) is 11.3 Å². The topological polar surface area (TPSA) is 21.6 Å². The Labute approximate surface area is 117 Å². The third kappa shape index (κ3) is 1.69. The second-order valence-electron chi connectivity index (χ2n) is 4.85. The highest BCUT2D eigenvalue weighted by Crippen LogP contribution is 2.26. The number of hydrogen-bond acceptors (Lipinski definition) is 2. The molecule has 0 amide bonds. The molecule has 4 rings (SSSR count). The maximum Gasteiger partial charge on any atom is 0.149 e. The van der Waals surface area contributed by atoms with Gasteiger partial charge in [0, 0.05) is 29.0 Å². The van der Waals surface area contributed by atoms with Crippen LogP contribution in [0.15, 0.2) is 71.5 Å². The summed E-state index contributed by atoms with van der Waals surface area (Å²) in [4.78, 5) is 4.22. The molecule has 0 bridgehead atoms. The molecule has 0 saturated heterocycles. The van der Waals surface area contributed by atoms with Crippen LogP contribution in [0.1, 0.15) is 12.0 Å². The molecule has 0 aromatic heterocycles. The lowest BCUT2D eigenvalue weighted by molar-refractivity contribution is 0.393. The van der Waals surface area contributed by atoms with E-state index in [1.165, 1.54) is 10.8 Å². The van der Waals surface area contributed by atoms with Crippen molar-refractivity contribution in [2.45, 2.75) is 6.42 Å². The maximum atomic E-state index is 6.13. The Hall–Kier alpha value is -2.61. The van der Waals surface area contributed by atoms with E-state index in [2.05, 4.69) is 41.4 Å². The lowest BCUT2D eigenvalue weighted by Crippen LogP contribution is -2.34. The molecule has 0 N–H and O–H groups in total. The number of allylic oxidation sites excluding steroid dienone is 1. The number of aliphatic imine (C=N–C) groups is 1. The molecule has 2 aromatic carbocycles. The zero-order valence-corrected chi connectivity index (χ0v) is 10.9. The van der Waals surface area contributed by atoms with Gasteiger partial charge in [0.15, 0.2) is 0 Å². The SMILES string of the molecule is C1=NC=C2OC(c3ccccc3)=c3ccccc3=C2C1. The molecule has 96 valence electrons. The van der Waals surface area contributed by atoms with E-state index < -0.39 is 0 Å². The first kappa shape index (κ1) is 11.2. The van der Waals surface area contributed by atoms with Crippen molar-refractivity contribution in [3.63, 3.8) is 0 Å². The van der Waals surface area contributed by atoms with Crippen molar-refractivity contribution in [2.24, 2.45) is 4.99 Å². The van der Waals surface area contributed by atoms with Crippen LogP contribution in [0.5, 0.6) is 0 Å². The smallest absolute Gasteiger partial charge is 0.149 e. The fourth-order valence-electron chi connectivity index (χ4n) is 2.69. The molecule has 0 atom stereocenters. The van der Waals surface area contributed by atoms with Gasteiger partial charge in [0.1, 0.15) is 11.5 Å². The quantitative estimate of drug-likeness (QED) is 0.770. The Balaban J connectivity index is 2.10. The molecule has 20 heavy (non-hydrogen) atoms. The van der Waals surface area contributed by atoms with Crippen molar-refractivity contribution in [3.8, 4) is 0 Å². The average molecular weight is 259 g/mol. The fraction of sp³-hybridized carbons (Fsp3) is 0.0556. The maximum absolute atomic E-state index is 6.13. The Morgan fingerprint density at radius 2 is 1.60 bits per heavy atom. The molecular weight excluding hydrogens is 246 g/mol. The number of benzene rings is 2. The molecule has 2 aromatic rings. The summed E-state index contributed by atoms with van der Waals surface area (Å²) >= 11 is 0. The predicted octanol–water partition coefficient (Wildman–Crippen LogP) is 2.34. The molecule has 2 heteroatoms. The number of ether oxygens (including phenoxy) is 1. The highest BCUT2D eigenvalue weighted by molar-refractivity contribution is 5.83. The van der Waals surface area contributed by atoms with E-state index in [0.717, 1.165) is 28.7 Å². The van der Waals surface area contributed by atoms with Gasteiger partial charge in [0.05, 0.1) is 6.20 Å². The first-order valence-electron chi connectivity index (χ1n) is 6.71. The number of nitrogens with zero attached hydrogens (tertiary/aromatic N) is 1. The average Bonchev–Trinajstić information content (AvgIpc) is 2.55. The minimum atomic E-state index is 0.824. The van der Waals surface area contributed by atoms with Crippen molar-refractivity contribution >= 4 is 17.5 Å². The van der Waals surface area contributed by atoms with Crippen LogP contribution < -0.4 is 10.4 Å². The van der Waals surface area contributed by atoms with Gasteiger partial charge in [-0.2, -0.15) is 0 Å². The largest absolute Gasteiger partial charge is 0.454 e. The lowest BCUT2D eigenvalue weighted by Gasteiger charge is -2.21. The molecule has 0 saturated carbocycles. The van der Waals surface area contributed by atoms with Crippen LogP contribution in [0.3, 0.4) is 0 Å². The summed E-state index contributed by atoms with van der Waals surface area (Å²) in [6.07, 6.45) is 4.55. The van der Waals surface area contributed by atoms with Crippen LogP contribution >= 0.6 is 0 Å². The lowest BCUT2D eigenvalue weighted by atomic mass is 10.00. The normalized spacial score (nSPS) is 16.1. The van der Waals surface area contributed by atoms with Crippen LogP contribution in [-0.2, 0) is 4.74 Å². The van der Waals surface area contributed by atoms with Crippen LogP contribution in [0.2, 0.25) is 0 Å².